The van der Waals surface area contributed by atoms with Crippen molar-refractivity contribution in [2.75, 3.05) is 12.3 Å². The first-order chi connectivity index (χ1) is 9.06. The van der Waals surface area contributed by atoms with Crippen molar-refractivity contribution in [3.63, 3.8) is 0 Å². The molecule has 9 nitrogen and oxygen atoms in total. The lowest BCUT2D eigenvalue weighted by atomic mass is 10.2. The number of quaternary nitrogens is 1. The van der Waals surface area contributed by atoms with Gasteiger partial charge in [0, 0.05) is 6.42 Å². The first kappa shape index (κ1) is 12.4. The summed E-state index contributed by atoms with van der Waals surface area (Å²) in [5, 5.41) is 31.8. The number of fused-ring (bicyclic) bond motifs is 1. The standard InChI is InChI=1S/C10H13N5O4/c11-8-7-9(13-3-12-8)15(18,4-14-7)10-6(17)1-5(2-16)19-10/h3-6,10,16-17H,1-2H2,(H2,11,12,13)/t5-,6+,10+,15?/m0/s1. The molecular weight excluding hydrogens is 254 g/mol. The summed E-state index contributed by atoms with van der Waals surface area (Å²) < 4.78 is 4.22. The van der Waals surface area contributed by atoms with Crippen LogP contribution in [0.5, 0.6) is 0 Å². The van der Waals surface area contributed by atoms with Gasteiger partial charge in [-0.2, -0.15) is 9.98 Å². The predicted octanol–water partition coefficient (Wildman–Crippen LogP) is -0.995. The van der Waals surface area contributed by atoms with Gasteiger partial charge in [0.05, 0.1) is 12.7 Å². The van der Waals surface area contributed by atoms with Gasteiger partial charge in [-0.05, 0) is 0 Å². The molecule has 0 bridgehead atoms. The molecule has 4 N–H and O–H groups in total. The summed E-state index contributed by atoms with van der Waals surface area (Å²) in [7, 11) is 0. The zero-order valence-electron chi connectivity index (χ0n) is 9.88. The molecule has 0 aromatic carbocycles. The zero-order valence-corrected chi connectivity index (χ0v) is 9.88. The van der Waals surface area contributed by atoms with Crippen LogP contribution in [0.4, 0.5) is 17.3 Å². The normalized spacial score (nSPS) is 36.7. The molecule has 0 spiro atoms. The lowest BCUT2D eigenvalue weighted by Gasteiger charge is -2.39. The number of aliphatic hydroxyl groups excluding tert-OH is 2. The van der Waals surface area contributed by atoms with E-state index >= 15 is 0 Å². The summed E-state index contributed by atoms with van der Waals surface area (Å²) in [6, 6.07) is 0. The Bertz CT molecular complexity index is 539. The highest BCUT2D eigenvalue weighted by atomic mass is 16.6. The minimum absolute atomic E-state index is 0.0372. The number of rotatable bonds is 2. The average molecular weight is 267 g/mol. The Labute approximate surface area is 108 Å². The highest BCUT2D eigenvalue weighted by Crippen LogP contribution is 2.42. The number of hydroxylamine groups is 2. The molecule has 3 rings (SSSR count). The Morgan fingerprint density at radius 1 is 1.53 bits per heavy atom. The molecule has 19 heavy (non-hydrogen) atoms. The van der Waals surface area contributed by atoms with Crippen molar-refractivity contribution >= 4 is 23.7 Å². The second kappa shape index (κ2) is 4.18. The number of nitrogens with two attached hydrogens (primary N) is 1. The number of nitrogens with zero attached hydrogens (tertiary/aromatic N) is 4. The zero-order chi connectivity index (χ0) is 13.6. The van der Waals surface area contributed by atoms with Crippen LogP contribution in [0.3, 0.4) is 0 Å². The summed E-state index contributed by atoms with van der Waals surface area (Å²) in [5.41, 5.74) is 5.82. The minimum atomic E-state index is -1.15. The molecule has 1 aromatic rings. The number of aliphatic hydroxyl groups is 2. The Balaban J connectivity index is 1.99. The van der Waals surface area contributed by atoms with Crippen molar-refractivity contribution in [3.8, 4) is 0 Å². The summed E-state index contributed by atoms with van der Waals surface area (Å²) in [4.78, 5) is 11.6. The third-order valence-electron chi connectivity index (χ3n) is 3.27. The van der Waals surface area contributed by atoms with Gasteiger partial charge in [0.15, 0.2) is 17.8 Å². The van der Waals surface area contributed by atoms with E-state index in [4.69, 9.17) is 15.6 Å². The molecule has 1 aromatic heterocycles. The van der Waals surface area contributed by atoms with E-state index in [0.717, 1.165) is 6.34 Å². The Hall–Kier alpha value is -1.65. The number of hydrogen-bond donors (Lipinski definition) is 3. The second-order valence-corrected chi connectivity index (χ2v) is 4.52. The van der Waals surface area contributed by atoms with E-state index in [9.17, 15) is 10.3 Å². The molecule has 2 aliphatic rings. The van der Waals surface area contributed by atoms with Gasteiger partial charge in [0.25, 0.3) is 5.82 Å². The average Bonchev–Trinajstić information content (AvgIpc) is 2.93. The van der Waals surface area contributed by atoms with Crippen LogP contribution in [0.15, 0.2) is 11.3 Å². The van der Waals surface area contributed by atoms with E-state index in [1.54, 1.807) is 0 Å². The molecule has 0 saturated carbocycles. The van der Waals surface area contributed by atoms with Gasteiger partial charge in [-0.3, -0.25) is 0 Å². The first-order valence-corrected chi connectivity index (χ1v) is 5.76. The van der Waals surface area contributed by atoms with E-state index < -0.39 is 23.1 Å². The number of anilines is 1. The van der Waals surface area contributed by atoms with Gasteiger partial charge in [0.2, 0.25) is 6.23 Å². The molecule has 9 heteroatoms. The highest BCUT2D eigenvalue weighted by molar-refractivity contribution is 5.91. The molecule has 1 saturated heterocycles. The van der Waals surface area contributed by atoms with Gasteiger partial charge in [-0.25, -0.2) is 9.63 Å². The summed E-state index contributed by atoms with van der Waals surface area (Å²) in [6.45, 7) is -0.260. The van der Waals surface area contributed by atoms with Crippen LogP contribution in [0.2, 0.25) is 0 Å². The maximum Gasteiger partial charge on any atom is 0.267 e. The van der Waals surface area contributed by atoms with Crippen molar-refractivity contribution in [2.24, 2.45) is 4.99 Å². The quantitative estimate of drug-likeness (QED) is 0.462. The lowest BCUT2D eigenvalue weighted by molar-refractivity contribution is -0.0529. The van der Waals surface area contributed by atoms with Crippen LogP contribution in [-0.4, -0.2) is 51.6 Å². The number of aromatic nitrogens is 2. The molecule has 3 heterocycles. The fraction of sp³-hybridized carbons (Fsp3) is 0.500. The molecule has 1 unspecified atom stereocenters. The van der Waals surface area contributed by atoms with Crippen molar-refractivity contribution < 1.29 is 14.9 Å². The van der Waals surface area contributed by atoms with Crippen LogP contribution >= 0.6 is 0 Å². The predicted molar refractivity (Wildman–Crippen MR) is 66.1 cm³/mol. The van der Waals surface area contributed by atoms with Gasteiger partial charge in [-0.15, -0.1) is 0 Å². The highest BCUT2D eigenvalue weighted by Gasteiger charge is 2.49. The Morgan fingerprint density at radius 2 is 2.32 bits per heavy atom. The number of aliphatic imine (C=N–C) groups is 1. The molecule has 0 amide bonds. The number of ether oxygens (including phenoxy) is 1. The Kier molecular flexibility index (Phi) is 2.73. The van der Waals surface area contributed by atoms with Crippen molar-refractivity contribution in [1.29, 1.82) is 0 Å². The maximum atomic E-state index is 12.8. The third-order valence-corrected chi connectivity index (χ3v) is 3.27. The first-order valence-electron chi connectivity index (χ1n) is 5.76. The topological polar surface area (TPSA) is 137 Å². The minimum Gasteiger partial charge on any atom is -0.618 e. The van der Waals surface area contributed by atoms with E-state index in [-0.39, 0.29) is 30.4 Å². The largest absolute Gasteiger partial charge is 0.618 e. The van der Waals surface area contributed by atoms with Crippen LogP contribution in [0.25, 0.3) is 0 Å². The molecule has 102 valence electrons. The van der Waals surface area contributed by atoms with Crippen LogP contribution in [0.1, 0.15) is 6.42 Å². The summed E-state index contributed by atoms with van der Waals surface area (Å²) in [6.07, 6.45) is -0.268. The van der Waals surface area contributed by atoms with Gasteiger partial charge >= 0.3 is 0 Å². The van der Waals surface area contributed by atoms with Gasteiger partial charge in [-0.1, -0.05) is 0 Å². The number of nitrogen functional groups attached to an aromatic ring is 1. The summed E-state index contributed by atoms with van der Waals surface area (Å²) >= 11 is 0. The molecule has 0 aliphatic carbocycles. The third kappa shape index (κ3) is 1.71. The Morgan fingerprint density at radius 3 is 3.00 bits per heavy atom. The molecule has 1 fully saturated rings. The van der Waals surface area contributed by atoms with E-state index in [1.807, 2.05) is 0 Å². The van der Waals surface area contributed by atoms with Crippen LogP contribution < -0.4 is 10.4 Å². The molecule has 0 radical (unpaired) electrons. The second-order valence-electron chi connectivity index (χ2n) is 4.52. The summed E-state index contributed by atoms with van der Waals surface area (Å²) in [5.74, 6) is 0.137. The van der Waals surface area contributed by atoms with Crippen LogP contribution in [-0.2, 0) is 4.74 Å². The smallest absolute Gasteiger partial charge is 0.267 e. The lowest BCUT2D eigenvalue weighted by Crippen LogP contribution is -2.54. The van der Waals surface area contributed by atoms with Crippen molar-refractivity contribution in [1.82, 2.24) is 14.6 Å². The van der Waals surface area contributed by atoms with Crippen LogP contribution in [0, 0.1) is 5.21 Å². The molecule has 4 atom stereocenters. The molecule has 2 aliphatic heterocycles. The number of hydrogen-bond acceptors (Lipinski definition) is 8. The van der Waals surface area contributed by atoms with Crippen molar-refractivity contribution in [2.45, 2.75) is 24.9 Å². The van der Waals surface area contributed by atoms with E-state index in [1.165, 1.54) is 6.33 Å². The van der Waals surface area contributed by atoms with Crippen molar-refractivity contribution in [3.05, 3.63) is 11.5 Å². The van der Waals surface area contributed by atoms with Gasteiger partial charge in [0.1, 0.15) is 12.4 Å². The van der Waals surface area contributed by atoms with E-state index in [2.05, 4.69) is 15.0 Å². The fourth-order valence-corrected chi connectivity index (χ4v) is 2.34. The molecular formula is C10H13N5O4. The SMILES string of the molecule is Nc1ncnc2c1N=C[N+]2([O-])[C@@H]1O[C@H](CO)C[C@H]1O. The fourth-order valence-electron chi connectivity index (χ4n) is 2.34. The van der Waals surface area contributed by atoms with Gasteiger partial charge < -0.3 is 25.9 Å². The van der Waals surface area contributed by atoms with E-state index in [0.29, 0.717) is 0 Å². The monoisotopic (exact) mass is 267 g/mol. The maximum absolute atomic E-state index is 12.8.